The number of hydrogen-bond donors (Lipinski definition) is 1. The lowest BCUT2D eigenvalue weighted by atomic mass is 10.2. The number of nitrogens with zero attached hydrogens (tertiary/aromatic N) is 4. The smallest absolute Gasteiger partial charge is 0.234 e. The first-order valence-electron chi connectivity index (χ1n) is 9.22. The van der Waals surface area contributed by atoms with Gasteiger partial charge in [-0.05, 0) is 63.8 Å². The highest BCUT2D eigenvalue weighted by Gasteiger charge is 2.21. The number of amides is 1. The molecule has 1 N–H and O–H groups in total. The number of carbonyl (C=O) groups excluding carboxylic acids is 1. The van der Waals surface area contributed by atoms with Crippen LogP contribution in [-0.2, 0) is 4.79 Å². The van der Waals surface area contributed by atoms with Crippen LogP contribution in [0.1, 0.15) is 24.4 Å². The molecule has 1 atom stereocenters. The summed E-state index contributed by atoms with van der Waals surface area (Å²) >= 11 is 1.29. The van der Waals surface area contributed by atoms with Gasteiger partial charge in [0.25, 0.3) is 0 Å². The number of aryl methyl sites for hydroxylation is 1. The molecule has 152 valence electrons. The molecule has 0 saturated carbocycles. The van der Waals surface area contributed by atoms with Crippen molar-refractivity contribution >= 4 is 23.4 Å². The van der Waals surface area contributed by atoms with Gasteiger partial charge in [0.2, 0.25) is 5.91 Å². The fraction of sp³-hybridized carbons (Fsp3) is 0.286. The van der Waals surface area contributed by atoms with E-state index in [-0.39, 0.29) is 23.5 Å². The molecule has 3 rings (SSSR count). The average molecular weight is 414 g/mol. The maximum absolute atomic E-state index is 13.4. The Hall–Kier alpha value is -2.71. The van der Waals surface area contributed by atoms with Crippen molar-refractivity contribution in [3.63, 3.8) is 0 Å². The summed E-state index contributed by atoms with van der Waals surface area (Å²) in [6.45, 7) is 3.96. The number of thioether (sulfide) groups is 1. The largest absolute Gasteiger partial charge is 0.325 e. The normalized spacial score (nSPS) is 12.2. The number of anilines is 1. The van der Waals surface area contributed by atoms with Crippen molar-refractivity contribution in [3.05, 3.63) is 65.7 Å². The van der Waals surface area contributed by atoms with Gasteiger partial charge in [0.05, 0.1) is 11.8 Å². The molecule has 0 aliphatic heterocycles. The molecule has 1 heterocycles. The minimum Gasteiger partial charge on any atom is -0.325 e. The van der Waals surface area contributed by atoms with Crippen LogP contribution in [0.4, 0.5) is 10.1 Å². The van der Waals surface area contributed by atoms with Gasteiger partial charge >= 0.3 is 0 Å². The molecule has 1 amide bonds. The summed E-state index contributed by atoms with van der Waals surface area (Å²) in [5.74, 6) is 0.476. The molecular weight excluding hydrogens is 389 g/mol. The fourth-order valence-corrected chi connectivity index (χ4v) is 3.50. The predicted molar refractivity (Wildman–Crippen MR) is 114 cm³/mol. The van der Waals surface area contributed by atoms with Crippen molar-refractivity contribution in [1.29, 1.82) is 0 Å². The molecule has 0 saturated heterocycles. The van der Waals surface area contributed by atoms with Crippen LogP contribution >= 0.6 is 11.8 Å². The van der Waals surface area contributed by atoms with Gasteiger partial charge in [-0.25, -0.2) is 4.39 Å². The minimum atomic E-state index is -0.309. The van der Waals surface area contributed by atoms with Crippen molar-refractivity contribution < 1.29 is 9.18 Å². The van der Waals surface area contributed by atoms with E-state index in [9.17, 15) is 9.18 Å². The number of para-hydroxylation sites is 1. The Morgan fingerprint density at radius 2 is 1.86 bits per heavy atom. The first kappa shape index (κ1) is 21.0. The van der Waals surface area contributed by atoms with Gasteiger partial charge in [0.1, 0.15) is 5.82 Å². The number of carbonyl (C=O) groups is 1. The summed E-state index contributed by atoms with van der Waals surface area (Å²) in [5, 5.41) is 12.1. The molecule has 8 heteroatoms. The molecule has 6 nitrogen and oxygen atoms in total. The molecule has 0 radical (unpaired) electrons. The zero-order chi connectivity index (χ0) is 21.0. The summed E-state index contributed by atoms with van der Waals surface area (Å²) in [7, 11) is 3.91. The maximum Gasteiger partial charge on any atom is 0.234 e. The second kappa shape index (κ2) is 9.19. The van der Waals surface area contributed by atoms with E-state index in [1.807, 2.05) is 61.7 Å². The molecule has 1 aromatic heterocycles. The van der Waals surface area contributed by atoms with Gasteiger partial charge in [-0.2, -0.15) is 0 Å². The monoisotopic (exact) mass is 413 g/mol. The molecular formula is C21H24FN5OS. The van der Waals surface area contributed by atoms with Crippen LogP contribution in [0.3, 0.4) is 0 Å². The average Bonchev–Trinajstić information content (AvgIpc) is 3.12. The third kappa shape index (κ3) is 5.02. The Labute approximate surface area is 174 Å². The van der Waals surface area contributed by atoms with Crippen molar-refractivity contribution in [1.82, 2.24) is 19.7 Å². The van der Waals surface area contributed by atoms with E-state index in [1.165, 1.54) is 23.9 Å². The quantitative estimate of drug-likeness (QED) is 0.592. The summed E-state index contributed by atoms with van der Waals surface area (Å²) in [4.78, 5) is 14.4. The first-order valence-corrected chi connectivity index (χ1v) is 10.2. The van der Waals surface area contributed by atoms with Crippen molar-refractivity contribution in [2.75, 3.05) is 25.2 Å². The van der Waals surface area contributed by atoms with Crippen LogP contribution in [0.2, 0.25) is 0 Å². The number of halogens is 1. The maximum atomic E-state index is 13.4. The van der Waals surface area contributed by atoms with Gasteiger partial charge in [0, 0.05) is 11.4 Å². The summed E-state index contributed by atoms with van der Waals surface area (Å²) < 4.78 is 15.3. The zero-order valence-electron chi connectivity index (χ0n) is 16.9. The highest BCUT2D eigenvalue weighted by Crippen LogP contribution is 2.27. The van der Waals surface area contributed by atoms with Crippen LogP contribution in [0, 0.1) is 12.7 Å². The van der Waals surface area contributed by atoms with Gasteiger partial charge < -0.3 is 5.32 Å². The van der Waals surface area contributed by atoms with Crippen LogP contribution in [0.15, 0.2) is 53.7 Å². The van der Waals surface area contributed by atoms with Crippen molar-refractivity contribution in [3.8, 4) is 5.69 Å². The van der Waals surface area contributed by atoms with Gasteiger partial charge in [-0.1, -0.05) is 30.0 Å². The summed E-state index contributed by atoms with van der Waals surface area (Å²) in [6, 6.07) is 13.8. The van der Waals surface area contributed by atoms with Crippen LogP contribution < -0.4 is 5.32 Å². The lowest BCUT2D eigenvalue weighted by Crippen LogP contribution is -2.21. The van der Waals surface area contributed by atoms with E-state index in [0.717, 1.165) is 22.8 Å². The van der Waals surface area contributed by atoms with E-state index in [4.69, 9.17) is 0 Å². The second-order valence-corrected chi connectivity index (χ2v) is 7.89. The number of rotatable bonds is 7. The van der Waals surface area contributed by atoms with Crippen LogP contribution in [0.5, 0.6) is 0 Å². The third-order valence-electron chi connectivity index (χ3n) is 4.64. The Kier molecular flexibility index (Phi) is 6.66. The highest BCUT2D eigenvalue weighted by molar-refractivity contribution is 7.99. The minimum absolute atomic E-state index is 0.0114. The third-order valence-corrected chi connectivity index (χ3v) is 5.57. The SMILES string of the molecule is Cc1ccccc1NC(=O)CSc1nnc([C@H](C)N(C)C)n1-c1ccc(F)cc1. The van der Waals surface area contributed by atoms with E-state index in [1.54, 1.807) is 12.1 Å². The van der Waals surface area contributed by atoms with Gasteiger partial charge in [-0.15, -0.1) is 10.2 Å². The topological polar surface area (TPSA) is 63.1 Å². The number of benzene rings is 2. The Bertz CT molecular complexity index is 987. The Morgan fingerprint density at radius 1 is 1.17 bits per heavy atom. The molecule has 0 spiro atoms. The fourth-order valence-electron chi connectivity index (χ4n) is 2.74. The van der Waals surface area contributed by atoms with Crippen LogP contribution in [0.25, 0.3) is 5.69 Å². The Morgan fingerprint density at radius 3 is 2.52 bits per heavy atom. The van der Waals surface area contributed by atoms with Gasteiger partial charge in [-0.3, -0.25) is 14.3 Å². The van der Waals surface area contributed by atoms with Crippen molar-refractivity contribution in [2.45, 2.75) is 25.0 Å². The number of aromatic nitrogens is 3. The lowest BCUT2D eigenvalue weighted by Gasteiger charge is -2.20. The molecule has 0 unspecified atom stereocenters. The summed E-state index contributed by atoms with van der Waals surface area (Å²) in [6.07, 6.45) is 0. The van der Waals surface area contributed by atoms with E-state index >= 15 is 0 Å². The molecule has 3 aromatic rings. The van der Waals surface area contributed by atoms with Gasteiger partial charge in [0.15, 0.2) is 11.0 Å². The summed E-state index contributed by atoms with van der Waals surface area (Å²) in [5.41, 5.74) is 2.55. The molecule has 0 aliphatic rings. The lowest BCUT2D eigenvalue weighted by molar-refractivity contribution is -0.113. The van der Waals surface area contributed by atoms with Crippen LogP contribution in [-0.4, -0.2) is 45.4 Å². The van der Waals surface area contributed by atoms with Crippen molar-refractivity contribution in [2.24, 2.45) is 0 Å². The Balaban J connectivity index is 1.82. The standard InChI is InChI=1S/C21H24FN5OS/c1-14-7-5-6-8-18(14)23-19(28)13-29-21-25-24-20(15(2)26(3)4)27(21)17-11-9-16(22)10-12-17/h5-12,15H,13H2,1-4H3,(H,23,28)/t15-/m0/s1. The van der Waals surface area contributed by atoms with E-state index < -0.39 is 0 Å². The van der Waals surface area contributed by atoms with E-state index in [0.29, 0.717) is 5.16 Å². The zero-order valence-corrected chi connectivity index (χ0v) is 17.7. The second-order valence-electron chi connectivity index (χ2n) is 6.94. The number of nitrogens with one attached hydrogen (secondary N) is 1. The molecule has 0 fully saturated rings. The predicted octanol–water partition coefficient (Wildman–Crippen LogP) is 4.07. The number of hydrogen-bond acceptors (Lipinski definition) is 5. The van der Waals surface area contributed by atoms with E-state index in [2.05, 4.69) is 15.5 Å². The first-order chi connectivity index (χ1) is 13.9. The molecule has 0 aliphatic carbocycles. The highest BCUT2D eigenvalue weighted by atomic mass is 32.2. The molecule has 29 heavy (non-hydrogen) atoms. The molecule has 2 aromatic carbocycles. The molecule has 0 bridgehead atoms.